The van der Waals surface area contributed by atoms with E-state index in [0.29, 0.717) is 5.75 Å². The number of rotatable bonds is 4. The fourth-order valence-electron chi connectivity index (χ4n) is 2.03. The summed E-state index contributed by atoms with van der Waals surface area (Å²) < 4.78 is 10.7. The molecule has 2 rings (SSSR count). The Morgan fingerprint density at radius 2 is 1.95 bits per heavy atom. The molecule has 1 aromatic carbocycles. The van der Waals surface area contributed by atoms with Crippen molar-refractivity contribution in [3.8, 4) is 22.8 Å². The number of aliphatic hydroxyl groups is 1. The maximum absolute atomic E-state index is 9.17. The van der Waals surface area contributed by atoms with Crippen LogP contribution in [0.2, 0.25) is 0 Å². The van der Waals surface area contributed by atoms with Crippen molar-refractivity contribution in [2.24, 2.45) is 0 Å². The third kappa shape index (κ3) is 2.69. The van der Waals surface area contributed by atoms with E-state index in [0.717, 1.165) is 28.1 Å². The van der Waals surface area contributed by atoms with E-state index in [4.69, 9.17) is 9.47 Å². The monoisotopic (exact) mass is 259 g/mol. The fourth-order valence-corrected chi connectivity index (χ4v) is 2.03. The van der Waals surface area contributed by atoms with Crippen LogP contribution >= 0.6 is 0 Å². The maximum atomic E-state index is 9.17. The quantitative estimate of drug-likeness (QED) is 0.916. The van der Waals surface area contributed by atoms with Crippen LogP contribution in [-0.2, 0) is 6.61 Å². The molecule has 0 atom stereocenters. The normalized spacial score (nSPS) is 10.3. The molecule has 0 spiro atoms. The molecule has 0 aliphatic carbocycles. The Hall–Kier alpha value is -2.07. The van der Waals surface area contributed by atoms with Crippen LogP contribution in [0, 0.1) is 6.92 Å². The molecule has 0 saturated heterocycles. The van der Waals surface area contributed by atoms with Gasteiger partial charge in [0.2, 0.25) is 0 Å². The molecular formula is C15H17NO3. The van der Waals surface area contributed by atoms with Crippen molar-refractivity contribution in [1.29, 1.82) is 0 Å². The predicted molar refractivity (Wildman–Crippen MR) is 73.4 cm³/mol. The van der Waals surface area contributed by atoms with E-state index in [-0.39, 0.29) is 6.61 Å². The molecule has 1 heterocycles. The lowest BCUT2D eigenvalue weighted by molar-refractivity contribution is 0.282. The largest absolute Gasteiger partial charge is 0.493 e. The first-order chi connectivity index (χ1) is 9.19. The summed E-state index contributed by atoms with van der Waals surface area (Å²) in [6.45, 7) is 1.96. The van der Waals surface area contributed by atoms with Crippen molar-refractivity contribution in [2.75, 3.05) is 14.2 Å². The first kappa shape index (κ1) is 13.4. The lowest BCUT2D eigenvalue weighted by atomic mass is 10.1. The van der Waals surface area contributed by atoms with Crippen LogP contribution in [0.15, 0.2) is 30.5 Å². The van der Waals surface area contributed by atoms with E-state index in [1.165, 1.54) is 0 Å². The van der Waals surface area contributed by atoms with Gasteiger partial charge in [-0.25, -0.2) is 0 Å². The molecular weight excluding hydrogens is 242 g/mol. The van der Waals surface area contributed by atoms with Crippen molar-refractivity contribution in [2.45, 2.75) is 13.5 Å². The van der Waals surface area contributed by atoms with Crippen LogP contribution in [0.3, 0.4) is 0 Å². The molecule has 2 aromatic rings. The number of hydrogen-bond donors (Lipinski definition) is 1. The second-order valence-electron chi connectivity index (χ2n) is 4.24. The average Bonchev–Trinajstić information content (AvgIpc) is 2.46. The van der Waals surface area contributed by atoms with Gasteiger partial charge in [0.15, 0.2) is 11.5 Å². The van der Waals surface area contributed by atoms with Crippen LogP contribution in [0.4, 0.5) is 0 Å². The Morgan fingerprint density at radius 3 is 2.58 bits per heavy atom. The van der Waals surface area contributed by atoms with E-state index >= 15 is 0 Å². The summed E-state index contributed by atoms with van der Waals surface area (Å²) in [5.41, 5.74) is 3.55. The van der Waals surface area contributed by atoms with E-state index in [9.17, 15) is 5.11 Å². The molecule has 4 heteroatoms. The number of methoxy groups -OCH3 is 2. The van der Waals surface area contributed by atoms with Gasteiger partial charge in [-0.15, -0.1) is 0 Å². The lowest BCUT2D eigenvalue weighted by Gasteiger charge is -2.13. The summed E-state index contributed by atoms with van der Waals surface area (Å²) in [5.74, 6) is 1.40. The van der Waals surface area contributed by atoms with Crippen molar-refractivity contribution in [3.63, 3.8) is 0 Å². The van der Waals surface area contributed by atoms with Crippen LogP contribution in [0.25, 0.3) is 11.3 Å². The molecule has 0 aliphatic heterocycles. The summed E-state index contributed by atoms with van der Waals surface area (Å²) in [6, 6.07) is 7.53. The zero-order chi connectivity index (χ0) is 13.8. The third-order valence-corrected chi connectivity index (χ3v) is 2.97. The van der Waals surface area contributed by atoms with Crippen molar-refractivity contribution in [1.82, 2.24) is 4.98 Å². The predicted octanol–water partition coefficient (Wildman–Crippen LogP) is 2.57. The number of nitrogens with zero attached hydrogens (tertiary/aromatic N) is 1. The van der Waals surface area contributed by atoms with E-state index in [1.807, 2.05) is 25.1 Å². The summed E-state index contributed by atoms with van der Waals surface area (Å²) in [5, 5.41) is 9.17. The zero-order valence-electron chi connectivity index (χ0n) is 11.3. The average molecular weight is 259 g/mol. The van der Waals surface area contributed by atoms with Gasteiger partial charge in [0.05, 0.1) is 26.5 Å². The van der Waals surface area contributed by atoms with Gasteiger partial charge in [-0.2, -0.15) is 0 Å². The highest BCUT2D eigenvalue weighted by molar-refractivity contribution is 5.66. The SMILES string of the molecule is COc1cc(-c2cc(CO)ccn2)cc(C)c1OC. The molecule has 4 nitrogen and oxygen atoms in total. The number of aromatic nitrogens is 1. The molecule has 1 aromatic heterocycles. The van der Waals surface area contributed by atoms with Gasteiger partial charge < -0.3 is 14.6 Å². The molecule has 0 saturated carbocycles. The van der Waals surface area contributed by atoms with Crippen LogP contribution < -0.4 is 9.47 Å². The number of aliphatic hydroxyl groups excluding tert-OH is 1. The molecule has 0 unspecified atom stereocenters. The summed E-state index contributed by atoms with van der Waals surface area (Å²) in [7, 11) is 3.23. The summed E-state index contributed by atoms with van der Waals surface area (Å²) >= 11 is 0. The molecule has 0 aliphatic rings. The van der Waals surface area contributed by atoms with Crippen molar-refractivity contribution >= 4 is 0 Å². The second-order valence-corrected chi connectivity index (χ2v) is 4.24. The number of benzene rings is 1. The highest BCUT2D eigenvalue weighted by Gasteiger charge is 2.11. The smallest absolute Gasteiger partial charge is 0.163 e. The van der Waals surface area contributed by atoms with Gasteiger partial charge in [0.25, 0.3) is 0 Å². The van der Waals surface area contributed by atoms with Gasteiger partial charge in [-0.05, 0) is 42.3 Å². The van der Waals surface area contributed by atoms with Gasteiger partial charge in [-0.1, -0.05) is 0 Å². The first-order valence-electron chi connectivity index (χ1n) is 5.98. The Kier molecular flexibility index (Phi) is 4.02. The number of aryl methyl sites for hydroxylation is 1. The van der Waals surface area contributed by atoms with Gasteiger partial charge in [0, 0.05) is 11.8 Å². The summed E-state index contributed by atoms with van der Waals surface area (Å²) in [4.78, 5) is 4.32. The topological polar surface area (TPSA) is 51.6 Å². The van der Waals surface area contributed by atoms with Crippen LogP contribution in [-0.4, -0.2) is 24.3 Å². The first-order valence-corrected chi connectivity index (χ1v) is 5.98. The van der Waals surface area contributed by atoms with Crippen molar-refractivity contribution in [3.05, 3.63) is 41.6 Å². The highest BCUT2D eigenvalue weighted by atomic mass is 16.5. The van der Waals surface area contributed by atoms with Gasteiger partial charge >= 0.3 is 0 Å². The Balaban J connectivity index is 2.53. The second kappa shape index (κ2) is 5.71. The summed E-state index contributed by atoms with van der Waals surface area (Å²) in [6.07, 6.45) is 1.69. The number of hydrogen-bond acceptors (Lipinski definition) is 4. The minimum absolute atomic E-state index is 0.00178. The molecule has 0 bridgehead atoms. The lowest BCUT2D eigenvalue weighted by Crippen LogP contribution is -1.95. The van der Waals surface area contributed by atoms with E-state index in [2.05, 4.69) is 4.98 Å². The van der Waals surface area contributed by atoms with Gasteiger partial charge in [0.1, 0.15) is 0 Å². The molecule has 19 heavy (non-hydrogen) atoms. The maximum Gasteiger partial charge on any atom is 0.163 e. The zero-order valence-corrected chi connectivity index (χ0v) is 11.3. The Morgan fingerprint density at radius 1 is 1.16 bits per heavy atom. The molecule has 0 radical (unpaired) electrons. The van der Waals surface area contributed by atoms with Gasteiger partial charge in [-0.3, -0.25) is 4.98 Å². The van der Waals surface area contributed by atoms with Crippen molar-refractivity contribution < 1.29 is 14.6 Å². The highest BCUT2D eigenvalue weighted by Crippen LogP contribution is 2.35. The number of ether oxygens (including phenoxy) is 2. The molecule has 0 amide bonds. The van der Waals surface area contributed by atoms with E-state index < -0.39 is 0 Å². The Labute approximate surface area is 112 Å². The molecule has 0 fully saturated rings. The minimum atomic E-state index is 0.00178. The molecule has 100 valence electrons. The fraction of sp³-hybridized carbons (Fsp3) is 0.267. The Bertz CT molecular complexity index is 582. The standard InChI is InChI=1S/C15H17NO3/c1-10-6-12(8-14(18-2)15(10)19-3)13-7-11(9-17)4-5-16-13/h4-8,17H,9H2,1-3H3. The minimum Gasteiger partial charge on any atom is -0.493 e. The van der Waals surface area contributed by atoms with Crippen LogP contribution in [0.5, 0.6) is 11.5 Å². The van der Waals surface area contributed by atoms with E-state index in [1.54, 1.807) is 26.5 Å². The number of pyridine rings is 1. The van der Waals surface area contributed by atoms with Crippen LogP contribution in [0.1, 0.15) is 11.1 Å². The third-order valence-electron chi connectivity index (χ3n) is 2.97. The molecule has 1 N–H and O–H groups in total.